The quantitative estimate of drug-likeness (QED) is 0.799. The van der Waals surface area contributed by atoms with Gasteiger partial charge in [0.1, 0.15) is 0 Å². The van der Waals surface area contributed by atoms with E-state index < -0.39 is 0 Å². The van der Waals surface area contributed by atoms with Crippen molar-refractivity contribution >= 4 is 21.6 Å². The van der Waals surface area contributed by atoms with Crippen LogP contribution in [-0.2, 0) is 6.54 Å². The van der Waals surface area contributed by atoms with Crippen LogP contribution < -0.4 is 5.32 Å². The van der Waals surface area contributed by atoms with Gasteiger partial charge in [-0.25, -0.2) is 4.68 Å². The van der Waals surface area contributed by atoms with E-state index in [1.54, 1.807) is 17.1 Å². The van der Waals surface area contributed by atoms with E-state index in [0.29, 0.717) is 6.54 Å². The van der Waals surface area contributed by atoms with Gasteiger partial charge in [-0.3, -0.25) is 4.98 Å². The summed E-state index contributed by atoms with van der Waals surface area (Å²) in [6.45, 7) is 0.652. The van der Waals surface area contributed by atoms with E-state index in [9.17, 15) is 0 Å². The van der Waals surface area contributed by atoms with E-state index in [1.807, 2.05) is 42.6 Å². The van der Waals surface area contributed by atoms with Crippen molar-refractivity contribution in [2.45, 2.75) is 6.54 Å². The minimum absolute atomic E-state index is 0.652. The average molecular weight is 330 g/mol. The van der Waals surface area contributed by atoms with Crippen LogP contribution in [0.15, 0.2) is 59.5 Å². The molecule has 0 fully saturated rings. The van der Waals surface area contributed by atoms with Crippen molar-refractivity contribution in [3.8, 4) is 5.69 Å². The first-order chi connectivity index (χ1) is 9.83. The zero-order valence-corrected chi connectivity index (χ0v) is 12.2. The maximum absolute atomic E-state index is 4.34. The molecule has 3 aromatic rings. The Labute approximate surface area is 124 Å². The third-order valence-corrected chi connectivity index (χ3v) is 3.29. The van der Waals surface area contributed by atoms with E-state index in [2.05, 4.69) is 36.5 Å². The molecular formula is C14H12BrN5. The van der Waals surface area contributed by atoms with Crippen LogP contribution in [0.5, 0.6) is 0 Å². The number of benzene rings is 1. The Morgan fingerprint density at radius 1 is 1.15 bits per heavy atom. The van der Waals surface area contributed by atoms with Crippen molar-refractivity contribution in [3.05, 3.63) is 65.2 Å². The molecule has 5 nitrogen and oxygen atoms in total. The van der Waals surface area contributed by atoms with Crippen molar-refractivity contribution in [3.63, 3.8) is 0 Å². The molecule has 0 saturated heterocycles. The first kappa shape index (κ1) is 12.8. The fourth-order valence-electron chi connectivity index (χ4n) is 1.86. The van der Waals surface area contributed by atoms with Crippen LogP contribution >= 0.6 is 15.9 Å². The van der Waals surface area contributed by atoms with Crippen LogP contribution in [0.3, 0.4) is 0 Å². The van der Waals surface area contributed by atoms with Gasteiger partial charge in [0.25, 0.3) is 0 Å². The van der Waals surface area contributed by atoms with Gasteiger partial charge in [0.2, 0.25) is 0 Å². The maximum Gasteiger partial charge on any atom is 0.0894 e. The number of anilines is 1. The third-order valence-electron chi connectivity index (χ3n) is 2.82. The monoisotopic (exact) mass is 329 g/mol. The average Bonchev–Trinajstić information content (AvgIpc) is 3.01. The van der Waals surface area contributed by atoms with Gasteiger partial charge in [-0.15, -0.1) is 5.10 Å². The minimum atomic E-state index is 0.652. The lowest BCUT2D eigenvalue weighted by Crippen LogP contribution is -2.06. The summed E-state index contributed by atoms with van der Waals surface area (Å²) in [5.74, 6) is 0. The normalized spacial score (nSPS) is 10.4. The number of para-hydroxylation sites is 2. The summed E-state index contributed by atoms with van der Waals surface area (Å²) in [5.41, 5.74) is 2.92. The molecule has 1 N–H and O–H groups in total. The van der Waals surface area contributed by atoms with Gasteiger partial charge in [0, 0.05) is 10.7 Å². The molecule has 0 bridgehead atoms. The molecule has 0 atom stereocenters. The van der Waals surface area contributed by atoms with Gasteiger partial charge < -0.3 is 5.32 Å². The highest BCUT2D eigenvalue weighted by Gasteiger charge is 2.04. The Morgan fingerprint density at radius 3 is 2.80 bits per heavy atom. The molecule has 6 heteroatoms. The Bertz CT molecular complexity index is 679. The first-order valence-corrected chi connectivity index (χ1v) is 6.92. The lowest BCUT2D eigenvalue weighted by molar-refractivity contribution is 0.803. The molecule has 3 rings (SSSR count). The third kappa shape index (κ3) is 2.85. The molecule has 0 radical (unpaired) electrons. The number of nitrogens with zero attached hydrogens (tertiary/aromatic N) is 4. The molecule has 1 aromatic carbocycles. The number of rotatable bonds is 4. The van der Waals surface area contributed by atoms with Crippen LogP contribution in [-0.4, -0.2) is 20.0 Å². The van der Waals surface area contributed by atoms with E-state index in [-0.39, 0.29) is 0 Å². The van der Waals surface area contributed by atoms with Gasteiger partial charge in [-0.1, -0.05) is 17.3 Å². The lowest BCUT2D eigenvalue weighted by atomic mass is 10.2. The largest absolute Gasteiger partial charge is 0.378 e. The molecule has 0 aliphatic heterocycles. The van der Waals surface area contributed by atoms with E-state index in [4.69, 9.17) is 0 Å². The smallest absolute Gasteiger partial charge is 0.0894 e. The number of aromatic nitrogens is 4. The Balaban J connectivity index is 1.79. The molecule has 2 aromatic heterocycles. The molecular weight excluding hydrogens is 318 g/mol. The number of hydrogen-bond acceptors (Lipinski definition) is 4. The molecule has 0 unspecified atom stereocenters. The zero-order valence-electron chi connectivity index (χ0n) is 10.6. The van der Waals surface area contributed by atoms with Gasteiger partial charge in [0.15, 0.2) is 0 Å². The van der Waals surface area contributed by atoms with Crippen molar-refractivity contribution in [2.24, 2.45) is 0 Å². The van der Waals surface area contributed by atoms with Gasteiger partial charge in [-0.2, -0.15) is 0 Å². The molecule has 0 amide bonds. The summed E-state index contributed by atoms with van der Waals surface area (Å²) in [6.07, 6.45) is 5.27. The molecule has 0 spiro atoms. The van der Waals surface area contributed by atoms with Crippen molar-refractivity contribution in [2.75, 3.05) is 5.32 Å². The molecule has 0 aliphatic carbocycles. The van der Waals surface area contributed by atoms with Crippen molar-refractivity contribution in [1.82, 2.24) is 20.0 Å². The van der Waals surface area contributed by atoms with Crippen molar-refractivity contribution in [1.29, 1.82) is 0 Å². The molecule has 20 heavy (non-hydrogen) atoms. The van der Waals surface area contributed by atoms with Gasteiger partial charge in [-0.05, 0) is 40.2 Å². The van der Waals surface area contributed by atoms with Crippen LogP contribution in [0, 0.1) is 0 Å². The Kier molecular flexibility index (Phi) is 3.73. The predicted molar refractivity (Wildman–Crippen MR) is 80.6 cm³/mol. The van der Waals surface area contributed by atoms with Gasteiger partial charge >= 0.3 is 0 Å². The Hall–Kier alpha value is -2.21. The lowest BCUT2D eigenvalue weighted by Gasteiger charge is -2.11. The molecule has 2 heterocycles. The second-order valence-electron chi connectivity index (χ2n) is 4.19. The molecule has 0 saturated carbocycles. The second-order valence-corrected chi connectivity index (χ2v) is 5.10. The van der Waals surface area contributed by atoms with Crippen molar-refractivity contribution < 1.29 is 0 Å². The predicted octanol–water partition coefficient (Wildman–Crippen LogP) is 3.04. The fraction of sp³-hybridized carbons (Fsp3) is 0.0714. The highest BCUT2D eigenvalue weighted by atomic mass is 79.9. The van der Waals surface area contributed by atoms with Crippen LogP contribution in [0.2, 0.25) is 0 Å². The summed E-state index contributed by atoms with van der Waals surface area (Å²) in [5, 5.41) is 11.2. The maximum atomic E-state index is 4.34. The van der Waals surface area contributed by atoms with E-state index in [0.717, 1.165) is 21.5 Å². The Morgan fingerprint density at radius 2 is 2.05 bits per heavy atom. The van der Waals surface area contributed by atoms with E-state index >= 15 is 0 Å². The summed E-state index contributed by atoms with van der Waals surface area (Å²) in [6, 6.07) is 11.9. The summed E-state index contributed by atoms with van der Waals surface area (Å²) < 4.78 is 2.71. The highest BCUT2D eigenvalue weighted by Crippen LogP contribution is 2.19. The fourth-order valence-corrected chi connectivity index (χ4v) is 2.09. The topological polar surface area (TPSA) is 55.6 Å². The summed E-state index contributed by atoms with van der Waals surface area (Å²) in [4.78, 5) is 4.34. The second kappa shape index (κ2) is 5.83. The summed E-state index contributed by atoms with van der Waals surface area (Å²) >= 11 is 3.38. The first-order valence-electron chi connectivity index (χ1n) is 6.13. The van der Waals surface area contributed by atoms with Crippen LogP contribution in [0.4, 0.5) is 5.69 Å². The standard InChI is InChI=1S/C14H12BrN5/c15-11-5-6-12(16-9-11)10-17-13-3-1-2-4-14(13)20-8-7-18-19-20/h1-9,17H,10H2. The van der Waals surface area contributed by atoms with Gasteiger partial charge in [0.05, 0.1) is 36.0 Å². The summed E-state index contributed by atoms with van der Waals surface area (Å²) in [7, 11) is 0. The number of hydrogen-bond donors (Lipinski definition) is 1. The van der Waals surface area contributed by atoms with Crippen LogP contribution in [0.1, 0.15) is 5.69 Å². The number of nitrogens with one attached hydrogen (secondary N) is 1. The number of halogens is 1. The van der Waals surface area contributed by atoms with E-state index in [1.165, 1.54) is 0 Å². The SMILES string of the molecule is Brc1ccc(CNc2ccccc2-n2ccnn2)nc1. The highest BCUT2D eigenvalue weighted by molar-refractivity contribution is 9.10. The zero-order chi connectivity index (χ0) is 13.8. The molecule has 100 valence electrons. The number of pyridine rings is 1. The molecule has 0 aliphatic rings. The van der Waals surface area contributed by atoms with Crippen LogP contribution in [0.25, 0.3) is 5.69 Å². The minimum Gasteiger partial charge on any atom is -0.378 e.